The minimum atomic E-state index is -3.79. The highest BCUT2D eigenvalue weighted by Gasteiger charge is 2.25. The van der Waals surface area contributed by atoms with Crippen LogP contribution in [-0.4, -0.2) is 12.4 Å². The number of allylic oxidation sites excluding steroid dienone is 1. The second kappa shape index (κ2) is 7.90. The Morgan fingerprint density at radius 1 is 0.897 bits per heavy atom. The van der Waals surface area contributed by atoms with E-state index in [9.17, 15) is 8.42 Å². The zero-order valence-electron chi connectivity index (χ0n) is 15.9. The van der Waals surface area contributed by atoms with Crippen LogP contribution in [0.5, 0.6) is 0 Å². The lowest BCUT2D eigenvalue weighted by Crippen LogP contribution is -2.15. The van der Waals surface area contributed by atoms with Crippen molar-refractivity contribution in [2.75, 3.05) is 0 Å². The van der Waals surface area contributed by atoms with Gasteiger partial charge in [-0.25, -0.2) is 12.4 Å². The highest BCUT2D eigenvalue weighted by molar-refractivity contribution is 7.90. The first kappa shape index (κ1) is 19.5. The highest BCUT2D eigenvalue weighted by atomic mass is 35.5. The summed E-state index contributed by atoms with van der Waals surface area (Å²) >= 11 is 6.64. The third-order valence-electron chi connectivity index (χ3n) is 4.84. The van der Waals surface area contributed by atoms with Crippen LogP contribution in [0.3, 0.4) is 0 Å². The zero-order chi connectivity index (χ0) is 20.4. The lowest BCUT2D eigenvalue weighted by molar-refractivity contribution is 0.587. The Bertz CT molecular complexity index is 1290. The molecule has 0 saturated carbocycles. The molecule has 0 spiro atoms. The van der Waals surface area contributed by atoms with Crippen molar-refractivity contribution in [3.63, 3.8) is 0 Å². The molecule has 0 aliphatic carbocycles. The highest BCUT2D eigenvalue weighted by Crippen LogP contribution is 2.34. The summed E-state index contributed by atoms with van der Waals surface area (Å²) in [5, 5.41) is 1.20. The van der Waals surface area contributed by atoms with Crippen LogP contribution in [0.2, 0.25) is 5.02 Å². The van der Waals surface area contributed by atoms with E-state index in [1.54, 1.807) is 30.3 Å². The number of hydrogen-bond donors (Lipinski definition) is 0. The van der Waals surface area contributed by atoms with Gasteiger partial charge in [-0.3, -0.25) is 0 Å². The van der Waals surface area contributed by atoms with Gasteiger partial charge in [0.05, 0.1) is 21.1 Å². The van der Waals surface area contributed by atoms with Crippen molar-refractivity contribution in [2.24, 2.45) is 0 Å². The molecule has 1 aromatic heterocycles. The van der Waals surface area contributed by atoms with Crippen molar-refractivity contribution in [2.45, 2.75) is 18.2 Å². The monoisotopic (exact) mass is 421 g/mol. The molecule has 0 unspecified atom stereocenters. The average molecular weight is 422 g/mol. The third-order valence-corrected chi connectivity index (χ3v) is 7.03. The van der Waals surface area contributed by atoms with Crippen LogP contribution in [0.15, 0.2) is 89.8 Å². The van der Waals surface area contributed by atoms with E-state index in [1.165, 1.54) is 3.97 Å². The van der Waals surface area contributed by atoms with Gasteiger partial charge in [0.2, 0.25) is 0 Å². The molecule has 4 aromatic rings. The lowest BCUT2D eigenvalue weighted by Gasteiger charge is -2.12. The largest absolute Gasteiger partial charge is 0.268 e. The molecule has 0 bridgehead atoms. The second-order valence-corrected chi connectivity index (χ2v) is 9.04. The van der Waals surface area contributed by atoms with E-state index in [-0.39, 0.29) is 4.90 Å². The molecule has 0 radical (unpaired) electrons. The Morgan fingerprint density at radius 3 is 2.28 bits per heavy atom. The molecule has 0 saturated heterocycles. The molecule has 5 heteroatoms. The fraction of sp³-hybridized carbons (Fsp3) is 0.0833. The number of rotatable bonds is 5. The predicted molar refractivity (Wildman–Crippen MR) is 120 cm³/mol. The molecule has 0 amide bonds. The van der Waals surface area contributed by atoms with Crippen LogP contribution in [-0.2, 0) is 16.4 Å². The average Bonchev–Trinajstić information content (AvgIpc) is 3.02. The van der Waals surface area contributed by atoms with Crippen LogP contribution < -0.4 is 0 Å². The molecule has 0 atom stereocenters. The standard InChI is InChI=1S/C24H20ClNO2S/c1-18-14-16-20(17-15-18)29(27,28)26-22-12-6-5-11-21(22)24(25)23(26)13-7-10-19-8-3-2-4-9-19/h2-12,14-17H,13H2,1H3/b10-7+. The van der Waals surface area contributed by atoms with E-state index in [2.05, 4.69) is 0 Å². The number of halogens is 1. The van der Waals surface area contributed by atoms with E-state index < -0.39 is 10.0 Å². The number of aromatic nitrogens is 1. The molecule has 29 heavy (non-hydrogen) atoms. The van der Waals surface area contributed by atoms with Crippen molar-refractivity contribution in [3.8, 4) is 0 Å². The van der Waals surface area contributed by atoms with E-state index in [1.807, 2.05) is 67.6 Å². The summed E-state index contributed by atoms with van der Waals surface area (Å²) in [6.45, 7) is 1.93. The molecule has 3 aromatic carbocycles. The number of para-hydroxylation sites is 1. The quantitative estimate of drug-likeness (QED) is 0.390. The van der Waals surface area contributed by atoms with Crippen LogP contribution >= 0.6 is 11.6 Å². The maximum atomic E-state index is 13.5. The predicted octanol–water partition coefficient (Wildman–Crippen LogP) is 6.10. The van der Waals surface area contributed by atoms with Gasteiger partial charge in [0.25, 0.3) is 10.0 Å². The number of aryl methyl sites for hydroxylation is 1. The van der Waals surface area contributed by atoms with Crippen LogP contribution in [0.4, 0.5) is 0 Å². The van der Waals surface area contributed by atoms with E-state index in [0.29, 0.717) is 22.7 Å². The fourth-order valence-electron chi connectivity index (χ4n) is 3.36. The van der Waals surface area contributed by atoms with Crippen LogP contribution in [0.25, 0.3) is 17.0 Å². The normalized spacial score (nSPS) is 12.1. The summed E-state index contributed by atoms with van der Waals surface area (Å²) in [6.07, 6.45) is 4.31. The summed E-state index contributed by atoms with van der Waals surface area (Å²) in [5.74, 6) is 0. The van der Waals surface area contributed by atoms with Crippen molar-refractivity contribution < 1.29 is 8.42 Å². The third kappa shape index (κ3) is 3.74. The van der Waals surface area contributed by atoms with Gasteiger partial charge in [-0.1, -0.05) is 90.0 Å². The second-order valence-electron chi connectivity index (χ2n) is 6.88. The fourth-order valence-corrected chi connectivity index (χ4v) is 5.30. The summed E-state index contributed by atoms with van der Waals surface area (Å²) in [7, 11) is -3.79. The first-order chi connectivity index (χ1) is 14.0. The molecular weight excluding hydrogens is 402 g/mol. The molecule has 0 aliphatic rings. The number of benzene rings is 3. The Kier molecular flexibility index (Phi) is 5.31. The summed E-state index contributed by atoms with van der Waals surface area (Å²) in [5.41, 5.74) is 3.19. The van der Waals surface area contributed by atoms with Gasteiger partial charge < -0.3 is 0 Å². The molecule has 146 valence electrons. The summed E-state index contributed by atoms with van der Waals surface area (Å²) < 4.78 is 28.4. The van der Waals surface area contributed by atoms with Gasteiger partial charge in [-0.05, 0) is 30.7 Å². The van der Waals surface area contributed by atoms with Gasteiger partial charge in [0, 0.05) is 11.8 Å². The molecule has 0 fully saturated rings. The molecule has 0 aliphatic heterocycles. The van der Waals surface area contributed by atoms with Crippen molar-refractivity contribution in [3.05, 3.63) is 107 Å². The van der Waals surface area contributed by atoms with Crippen molar-refractivity contribution in [1.82, 2.24) is 3.97 Å². The Labute approximate surface area is 175 Å². The van der Waals surface area contributed by atoms with Gasteiger partial charge in [-0.15, -0.1) is 0 Å². The molecular formula is C24H20ClNO2S. The number of hydrogen-bond acceptors (Lipinski definition) is 2. The summed E-state index contributed by atoms with van der Waals surface area (Å²) in [4.78, 5) is 0.244. The number of nitrogens with zero attached hydrogens (tertiary/aromatic N) is 1. The first-order valence-corrected chi connectivity index (χ1v) is 11.1. The SMILES string of the molecule is Cc1ccc(S(=O)(=O)n2c(C/C=C/c3ccccc3)c(Cl)c3ccccc32)cc1. The molecule has 3 nitrogen and oxygen atoms in total. The smallest absolute Gasteiger partial charge is 0.236 e. The van der Waals surface area contributed by atoms with Crippen LogP contribution in [0, 0.1) is 6.92 Å². The van der Waals surface area contributed by atoms with Gasteiger partial charge in [0.15, 0.2) is 0 Å². The minimum absolute atomic E-state index is 0.244. The Hall–Kier alpha value is -2.82. The van der Waals surface area contributed by atoms with E-state index >= 15 is 0 Å². The Morgan fingerprint density at radius 2 is 1.55 bits per heavy atom. The molecule has 4 rings (SSSR count). The molecule has 0 N–H and O–H groups in total. The first-order valence-electron chi connectivity index (χ1n) is 9.30. The minimum Gasteiger partial charge on any atom is -0.236 e. The van der Waals surface area contributed by atoms with Gasteiger partial charge >= 0.3 is 0 Å². The van der Waals surface area contributed by atoms with Gasteiger partial charge in [-0.2, -0.15) is 0 Å². The van der Waals surface area contributed by atoms with Crippen LogP contribution in [0.1, 0.15) is 16.8 Å². The van der Waals surface area contributed by atoms with E-state index in [4.69, 9.17) is 11.6 Å². The zero-order valence-corrected chi connectivity index (χ0v) is 17.5. The van der Waals surface area contributed by atoms with E-state index in [0.717, 1.165) is 16.5 Å². The molecule has 1 heterocycles. The maximum absolute atomic E-state index is 13.5. The maximum Gasteiger partial charge on any atom is 0.268 e. The van der Waals surface area contributed by atoms with Gasteiger partial charge in [0.1, 0.15) is 0 Å². The van der Waals surface area contributed by atoms with Crippen molar-refractivity contribution in [1.29, 1.82) is 0 Å². The number of fused-ring (bicyclic) bond motifs is 1. The topological polar surface area (TPSA) is 39.1 Å². The summed E-state index contributed by atoms with van der Waals surface area (Å²) in [6, 6.07) is 24.1. The Balaban J connectivity index is 1.85. The van der Waals surface area contributed by atoms with Crippen molar-refractivity contribution >= 4 is 38.6 Å². The lowest BCUT2D eigenvalue weighted by atomic mass is 10.2.